The Morgan fingerprint density at radius 3 is 2.16 bits per heavy atom. The molecule has 0 aromatic heterocycles. The van der Waals surface area contributed by atoms with E-state index < -0.39 is 12.0 Å². The number of fused-ring (bicyclic) bond motifs is 1. The van der Waals surface area contributed by atoms with Gasteiger partial charge in [0.05, 0.1) is 5.92 Å². The Kier molecular flexibility index (Phi) is 7.87. The second-order valence-electron chi connectivity index (χ2n) is 10.4. The van der Waals surface area contributed by atoms with Crippen molar-refractivity contribution in [1.29, 1.82) is 0 Å². The molecule has 0 radical (unpaired) electrons. The van der Waals surface area contributed by atoms with Crippen molar-refractivity contribution in [3.8, 4) is 0 Å². The van der Waals surface area contributed by atoms with Crippen LogP contribution in [0.15, 0.2) is 84.9 Å². The van der Waals surface area contributed by atoms with E-state index in [4.69, 9.17) is 0 Å². The molecule has 2 aliphatic rings. The van der Waals surface area contributed by atoms with Crippen LogP contribution in [0.25, 0.3) is 0 Å². The van der Waals surface area contributed by atoms with Crippen molar-refractivity contribution in [2.24, 2.45) is 0 Å². The summed E-state index contributed by atoms with van der Waals surface area (Å²) in [6, 6.07) is 26.2. The summed E-state index contributed by atoms with van der Waals surface area (Å²) in [4.78, 5) is 45.4. The maximum Gasteiger partial charge on any atom is 0.255 e. The lowest BCUT2D eigenvalue weighted by Gasteiger charge is -2.44. The van der Waals surface area contributed by atoms with Gasteiger partial charge in [-0.1, -0.05) is 91.7 Å². The SMILES string of the molecule is CN(Cc1ccccc1)C(=O)[C@H]1[C@H](C(=O)NCCc2ccccc2)c2ccccc2C(=O)N1C1CCCC1. The largest absolute Gasteiger partial charge is 0.355 e. The minimum absolute atomic E-state index is 0.0467. The normalized spacial score (nSPS) is 19.2. The molecule has 6 nitrogen and oxygen atoms in total. The molecular formula is C32H35N3O3. The molecule has 1 aliphatic carbocycles. The van der Waals surface area contributed by atoms with Gasteiger partial charge in [0.1, 0.15) is 6.04 Å². The van der Waals surface area contributed by atoms with Crippen LogP contribution >= 0.6 is 0 Å². The fraction of sp³-hybridized carbons (Fsp3) is 0.344. The first kappa shape index (κ1) is 25.7. The van der Waals surface area contributed by atoms with Crippen LogP contribution in [0.3, 0.4) is 0 Å². The van der Waals surface area contributed by atoms with Crippen LogP contribution in [-0.2, 0) is 22.6 Å². The fourth-order valence-electron chi connectivity index (χ4n) is 5.93. The zero-order chi connectivity index (χ0) is 26.5. The molecule has 5 rings (SSSR count). The molecule has 0 spiro atoms. The van der Waals surface area contributed by atoms with E-state index in [0.717, 1.165) is 36.8 Å². The third kappa shape index (κ3) is 5.35. The summed E-state index contributed by atoms with van der Waals surface area (Å²) in [5.41, 5.74) is 3.30. The third-order valence-electron chi connectivity index (χ3n) is 7.82. The Morgan fingerprint density at radius 1 is 0.868 bits per heavy atom. The molecule has 38 heavy (non-hydrogen) atoms. The summed E-state index contributed by atoms with van der Waals surface area (Å²) >= 11 is 0. The number of nitrogens with one attached hydrogen (secondary N) is 1. The molecule has 3 aromatic carbocycles. The highest BCUT2D eigenvalue weighted by atomic mass is 16.2. The summed E-state index contributed by atoms with van der Waals surface area (Å²) in [6.45, 7) is 0.868. The molecule has 1 N–H and O–H groups in total. The number of likely N-dealkylation sites (N-methyl/N-ethyl adjacent to an activating group) is 1. The van der Waals surface area contributed by atoms with Gasteiger partial charge < -0.3 is 15.1 Å². The van der Waals surface area contributed by atoms with Gasteiger partial charge in [0.15, 0.2) is 0 Å². The van der Waals surface area contributed by atoms with Gasteiger partial charge in [-0.2, -0.15) is 0 Å². The van der Waals surface area contributed by atoms with Crippen molar-refractivity contribution in [3.63, 3.8) is 0 Å². The molecule has 1 fully saturated rings. The lowest BCUT2D eigenvalue weighted by atomic mass is 9.80. The molecular weight excluding hydrogens is 474 g/mol. The summed E-state index contributed by atoms with van der Waals surface area (Å²) in [6.07, 6.45) is 4.43. The molecule has 0 unspecified atom stereocenters. The van der Waals surface area contributed by atoms with Crippen LogP contribution in [0.2, 0.25) is 0 Å². The molecule has 6 heteroatoms. The van der Waals surface area contributed by atoms with Crippen molar-refractivity contribution in [1.82, 2.24) is 15.1 Å². The summed E-state index contributed by atoms with van der Waals surface area (Å²) in [5.74, 6) is -1.33. The predicted molar refractivity (Wildman–Crippen MR) is 147 cm³/mol. The van der Waals surface area contributed by atoms with Crippen molar-refractivity contribution in [2.75, 3.05) is 13.6 Å². The number of rotatable bonds is 8. The first-order valence-corrected chi connectivity index (χ1v) is 13.6. The van der Waals surface area contributed by atoms with Crippen molar-refractivity contribution >= 4 is 17.7 Å². The van der Waals surface area contributed by atoms with E-state index in [0.29, 0.717) is 30.6 Å². The molecule has 2 atom stereocenters. The van der Waals surface area contributed by atoms with Crippen molar-refractivity contribution in [3.05, 3.63) is 107 Å². The standard InChI is InChI=1S/C32H35N3O3/c1-34(22-24-14-6-3-7-15-24)32(38)29-28(30(36)33-21-20-23-12-4-2-5-13-23)26-18-10-11-19-27(26)31(37)35(29)25-16-8-9-17-25/h2-7,10-15,18-19,25,28-29H,8-9,16-17,20-22H2,1H3,(H,33,36)/t28-,29-/m1/s1. The van der Waals surface area contributed by atoms with Gasteiger partial charge in [-0.3, -0.25) is 14.4 Å². The maximum atomic E-state index is 14.2. The van der Waals surface area contributed by atoms with E-state index in [1.54, 1.807) is 22.9 Å². The number of carbonyl (C=O) groups is 3. The van der Waals surface area contributed by atoms with Crippen molar-refractivity contribution < 1.29 is 14.4 Å². The lowest BCUT2D eigenvalue weighted by molar-refractivity contribution is -0.141. The van der Waals surface area contributed by atoms with Gasteiger partial charge in [0.25, 0.3) is 5.91 Å². The first-order valence-electron chi connectivity index (χ1n) is 13.6. The molecule has 0 bridgehead atoms. The zero-order valence-electron chi connectivity index (χ0n) is 21.9. The van der Waals surface area contributed by atoms with Crippen molar-refractivity contribution in [2.45, 2.75) is 56.7 Å². The second-order valence-corrected chi connectivity index (χ2v) is 10.4. The summed E-state index contributed by atoms with van der Waals surface area (Å²) in [5, 5.41) is 3.09. The monoisotopic (exact) mass is 509 g/mol. The first-order chi connectivity index (χ1) is 18.5. The van der Waals surface area contributed by atoms with Crippen LogP contribution in [-0.4, -0.2) is 53.2 Å². The van der Waals surface area contributed by atoms with E-state index >= 15 is 0 Å². The average Bonchev–Trinajstić information content (AvgIpc) is 3.48. The average molecular weight is 510 g/mol. The third-order valence-corrected chi connectivity index (χ3v) is 7.82. The number of nitrogens with zero attached hydrogens (tertiary/aromatic N) is 2. The van der Waals surface area contributed by atoms with Crippen LogP contribution in [0.5, 0.6) is 0 Å². The van der Waals surface area contributed by atoms with Gasteiger partial charge in [-0.05, 0) is 42.0 Å². The minimum Gasteiger partial charge on any atom is -0.355 e. The van der Waals surface area contributed by atoms with Crippen LogP contribution < -0.4 is 5.32 Å². The quantitative estimate of drug-likeness (QED) is 0.484. The maximum absolute atomic E-state index is 14.2. The molecule has 3 aromatic rings. The number of hydrogen-bond donors (Lipinski definition) is 1. The predicted octanol–water partition coefficient (Wildman–Crippen LogP) is 4.55. The molecule has 3 amide bonds. The topological polar surface area (TPSA) is 69.7 Å². The minimum atomic E-state index is -0.883. The number of hydrogen-bond acceptors (Lipinski definition) is 3. The highest BCUT2D eigenvalue weighted by Crippen LogP contribution is 2.39. The van der Waals surface area contributed by atoms with E-state index in [1.807, 2.05) is 78.9 Å². The van der Waals surface area contributed by atoms with E-state index in [9.17, 15) is 14.4 Å². The molecule has 0 saturated heterocycles. The zero-order valence-corrected chi connectivity index (χ0v) is 21.9. The van der Waals surface area contributed by atoms with Crippen LogP contribution in [0, 0.1) is 0 Å². The molecule has 1 saturated carbocycles. The van der Waals surface area contributed by atoms with Crippen LogP contribution in [0.4, 0.5) is 0 Å². The van der Waals surface area contributed by atoms with Crippen LogP contribution in [0.1, 0.15) is 58.6 Å². The highest BCUT2D eigenvalue weighted by molar-refractivity contribution is 6.06. The molecule has 1 heterocycles. The van der Waals surface area contributed by atoms with E-state index in [-0.39, 0.29) is 23.8 Å². The Hall–Kier alpha value is -3.93. The number of amides is 3. The molecule has 1 aliphatic heterocycles. The number of carbonyl (C=O) groups excluding carboxylic acids is 3. The van der Waals surface area contributed by atoms with Gasteiger partial charge >= 0.3 is 0 Å². The second kappa shape index (κ2) is 11.6. The number of benzene rings is 3. The lowest BCUT2D eigenvalue weighted by Crippen LogP contribution is -2.61. The summed E-state index contributed by atoms with van der Waals surface area (Å²) < 4.78 is 0. The molecule has 196 valence electrons. The Labute approximate surface area is 224 Å². The Morgan fingerprint density at radius 2 is 1.47 bits per heavy atom. The smallest absolute Gasteiger partial charge is 0.255 e. The van der Waals surface area contributed by atoms with E-state index in [1.165, 1.54) is 0 Å². The summed E-state index contributed by atoms with van der Waals surface area (Å²) in [7, 11) is 1.76. The fourth-order valence-corrected chi connectivity index (χ4v) is 5.93. The Balaban J connectivity index is 1.48. The van der Waals surface area contributed by atoms with Gasteiger partial charge in [-0.25, -0.2) is 0 Å². The van der Waals surface area contributed by atoms with Gasteiger partial charge in [0.2, 0.25) is 11.8 Å². The highest BCUT2D eigenvalue weighted by Gasteiger charge is 2.50. The van der Waals surface area contributed by atoms with Gasteiger partial charge in [-0.15, -0.1) is 0 Å². The van der Waals surface area contributed by atoms with E-state index in [2.05, 4.69) is 5.32 Å². The van der Waals surface area contributed by atoms with Gasteiger partial charge in [0, 0.05) is 31.7 Å². The Bertz CT molecular complexity index is 1270.